The number of nitrogens with zero attached hydrogens (tertiary/aromatic N) is 1. The van der Waals surface area contributed by atoms with Crippen molar-refractivity contribution < 1.29 is 9.84 Å². The Bertz CT molecular complexity index is 317. The standard InChI is InChI=1S/C11H16ClNO2/c1-3-10-11(5-4-8(2)13-10)15-7-9(14)6-12/h4-5,9,14H,3,6-7H2,1-2H3. The van der Waals surface area contributed by atoms with Gasteiger partial charge in [-0.25, -0.2) is 0 Å². The average molecular weight is 230 g/mol. The van der Waals surface area contributed by atoms with Gasteiger partial charge in [-0.05, 0) is 25.5 Å². The number of aliphatic hydroxyl groups excluding tert-OH is 1. The summed E-state index contributed by atoms with van der Waals surface area (Å²) in [6.45, 7) is 4.17. The van der Waals surface area contributed by atoms with E-state index in [-0.39, 0.29) is 12.5 Å². The largest absolute Gasteiger partial charge is 0.489 e. The molecular weight excluding hydrogens is 214 g/mol. The molecule has 1 heterocycles. The minimum Gasteiger partial charge on any atom is -0.489 e. The maximum Gasteiger partial charge on any atom is 0.140 e. The maximum absolute atomic E-state index is 9.26. The minimum absolute atomic E-state index is 0.181. The van der Waals surface area contributed by atoms with Crippen LogP contribution in [0.25, 0.3) is 0 Å². The number of aryl methyl sites for hydroxylation is 2. The van der Waals surface area contributed by atoms with Crippen molar-refractivity contribution in [3.63, 3.8) is 0 Å². The van der Waals surface area contributed by atoms with Gasteiger partial charge in [-0.1, -0.05) is 6.92 Å². The second-order valence-electron chi connectivity index (χ2n) is 3.37. The predicted molar refractivity (Wildman–Crippen MR) is 60.6 cm³/mol. The van der Waals surface area contributed by atoms with Crippen LogP contribution in [0, 0.1) is 6.92 Å². The van der Waals surface area contributed by atoms with Gasteiger partial charge < -0.3 is 9.84 Å². The molecule has 84 valence electrons. The number of hydrogen-bond acceptors (Lipinski definition) is 3. The van der Waals surface area contributed by atoms with Crippen LogP contribution < -0.4 is 4.74 Å². The topological polar surface area (TPSA) is 42.4 Å². The first-order valence-corrected chi connectivity index (χ1v) is 5.54. The number of halogens is 1. The molecule has 1 unspecified atom stereocenters. The summed E-state index contributed by atoms with van der Waals surface area (Å²) in [4.78, 5) is 4.36. The number of ether oxygens (including phenoxy) is 1. The molecule has 3 nitrogen and oxygen atoms in total. The first-order valence-electron chi connectivity index (χ1n) is 5.00. The summed E-state index contributed by atoms with van der Waals surface area (Å²) >= 11 is 5.47. The molecule has 1 aromatic rings. The SMILES string of the molecule is CCc1nc(C)ccc1OCC(O)CCl. The first kappa shape index (κ1) is 12.3. The van der Waals surface area contributed by atoms with Crippen LogP contribution in [0.4, 0.5) is 0 Å². The Balaban J connectivity index is 2.67. The summed E-state index contributed by atoms with van der Waals surface area (Å²) in [6.07, 6.45) is 0.186. The number of alkyl halides is 1. The zero-order valence-corrected chi connectivity index (χ0v) is 9.79. The number of aliphatic hydroxyl groups is 1. The number of aromatic nitrogens is 1. The third-order valence-corrected chi connectivity index (χ3v) is 2.37. The molecule has 0 bridgehead atoms. The first-order chi connectivity index (χ1) is 7.17. The third-order valence-electron chi connectivity index (χ3n) is 2.02. The second kappa shape index (κ2) is 5.93. The van der Waals surface area contributed by atoms with Crippen molar-refractivity contribution >= 4 is 11.6 Å². The smallest absolute Gasteiger partial charge is 0.140 e. The quantitative estimate of drug-likeness (QED) is 0.785. The van der Waals surface area contributed by atoms with E-state index in [0.717, 1.165) is 23.6 Å². The van der Waals surface area contributed by atoms with E-state index < -0.39 is 6.10 Å². The fraction of sp³-hybridized carbons (Fsp3) is 0.545. The van der Waals surface area contributed by atoms with Crippen LogP contribution >= 0.6 is 11.6 Å². The summed E-state index contributed by atoms with van der Waals surface area (Å²) in [5.74, 6) is 0.910. The average Bonchev–Trinajstić information content (AvgIpc) is 2.26. The molecule has 0 radical (unpaired) electrons. The van der Waals surface area contributed by atoms with Crippen molar-refractivity contribution in [2.45, 2.75) is 26.4 Å². The van der Waals surface area contributed by atoms with E-state index >= 15 is 0 Å². The Morgan fingerprint density at radius 2 is 2.27 bits per heavy atom. The van der Waals surface area contributed by atoms with Gasteiger partial charge in [-0.15, -0.1) is 11.6 Å². The van der Waals surface area contributed by atoms with Crippen LogP contribution in [0.1, 0.15) is 18.3 Å². The lowest BCUT2D eigenvalue weighted by Crippen LogP contribution is -2.19. The lowest BCUT2D eigenvalue weighted by Gasteiger charge is -2.12. The van der Waals surface area contributed by atoms with Gasteiger partial charge in [-0.3, -0.25) is 4.98 Å². The Hall–Kier alpha value is -0.800. The van der Waals surface area contributed by atoms with E-state index in [1.165, 1.54) is 0 Å². The van der Waals surface area contributed by atoms with Gasteiger partial charge in [0.2, 0.25) is 0 Å². The molecule has 0 aliphatic rings. The highest BCUT2D eigenvalue weighted by Gasteiger charge is 2.07. The molecule has 15 heavy (non-hydrogen) atoms. The molecule has 0 saturated heterocycles. The molecule has 0 fully saturated rings. The Morgan fingerprint density at radius 3 is 2.87 bits per heavy atom. The normalized spacial score (nSPS) is 12.5. The molecule has 1 aromatic heterocycles. The molecule has 0 spiro atoms. The molecule has 0 aliphatic carbocycles. The fourth-order valence-electron chi connectivity index (χ4n) is 1.21. The molecule has 1 N–H and O–H groups in total. The van der Waals surface area contributed by atoms with E-state index in [9.17, 15) is 5.11 Å². The van der Waals surface area contributed by atoms with Crippen molar-refractivity contribution in [2.24, 2.45) is 0 Å². The van der Waals surface area contributed by atoms with Gasteiger partial charge in [0.05, 0.1) is 11.6 Å². The van der Waals surface area contributed by atoms with Gasteiger partial charge in [0.1, 0.15) is 18.5 Å². The zero-order valence-electron chi connectivity index (χ0n) is 9.03. The molecule has 1 atom stereocenters. The summed E-state index contributed by atoms with van der Waals surface area (Å²) < 4.78 is 5.44. The van der Waals surface area contributed by atoms with Gasteiger partial charge in [0, 0.05) is 5.69 Å². The van der Waals surface area contributed by atoms with E-state index in [2.05, 4.69) is 4.98 Å². The van der Waals surface area contributed by atoms with Gasteiger partial charge >= 0.3 is 0 Å². The zero-order chi connectivity index (χ0) is 11.3. The number of hydrogen-bond donors (Lipinski definition) is 1. The summed E-state index contributed by atoms with van der Waals surface area (Å²) in [5, 5.41) is 9.26. The van der Waals surface area contributed by atoms with Crippen molar-refractivity contribution in [1.82, 2.24) is 4.98 Å². The van der Waals surface area contributed by atoms with Crippen molar-refractivity contribution in [2.75, 3.05) is 12.5 Å². The minimum atomic E-state index is -0.627. The molecule has 0 aromatic carbocycles. The van der Waals surface area contributed by atoms with E-state index in [1.807, 2.05) is 26.0 Å². The summed E-state index contributed by atoms with van der Waals surface area (Å²) in [7, 11) is 0. The molecule has 4 heteroatoms. The predicted octanol–water partition coefficient (Wildman–Crippen LogP) is 1.93. The van der Waals surface area contributed by atoms with Crippen LogP contribution in [0.5, 0.6) is 5.75 Å². The van der Waals surface area contributed by atoms with Crippen molar-refractivity contribution in [3.8, 4) is 5.75 Å². The number of pyridine rings is 1. The van der Waals surface area contributed by atoms with E-state index in [4.69, 9.17) is 16.3 Å². The molecule has 1 rings (SSSR count). The van der Waals surface area contributed by atoms with Gasteiger partial charge in [0.25, 0.3) is 0 Å². The lowest BCUT2D eigenvalue weighted by molar-refractivity contribution is 0.124. The van der Waals surface area contributed by atoms with Crippen LogP contribution in [0.15, 0.2) is 12.1 Å². The van der Waals surface area contributed by atoms with Gasteiger partial charge in [0.15, 0.2) is 0 Å². The highest BCUT2D eigenvalue weighted by atomic mass is 35.5. The Morgan fingerprint density at radius 1 is 1.53 bits per heavy atom. The Kier molecular flexibility index (Phi) is 4.85. The summed E-state index contributed by atoms with van der Waals surface area (Å²) in [5.41, 5.74) is 1.88. The Labute approximate surface area is 95.1 Å². The van der Waals surface area contributed by atoms with E-state index in [1.54, 1.807) is 0 Å². The van der Waals surface area contributed by atoms with Crippen LogP contribution in [0.2, 0.25) is 0 Å². The molecular formula is C11H16ClNO2. The second-order valence-corrected chi connectivity index (χ2v) is 3.68. The van der Waals surface area contributed by atoms with Crippen LogP contribution in [-0.2, 0) is 6.42 Å². The highest BCUT2D eigenvalue weighted by molar-refractivity contribution is 6.18. The highest BCUT2D eigenvalue weighted by Crippen LogP contribution is 2.17. The van der Waals surface area contributed by atoms with E-state index in [0.29, 0.717) is 0 Å². The molecule has 0 saturated carbocycles. The third kappa shape index (κ3) is 3.68. The molecule has 0 aliphatic heterocycles. The summed E-state index contributed by atoms with van der Waals surface area (Å²) in [6, 6.07) is 3.77. The van der Waals surface area contributed by atoms with Gasteiger partial charge in [-0.2, -0.15) is 0 Å². The fourth-order valence-corrected chi connectivity index (χ4v) is 1.30. The van der Waals surface area contributed by atoms with Crippen LogP contribution in [0.3, 0.4) is 0 Å². The van der Waals surface area contributed by atoms with Crippen molar-refractivity contribution in [3.05, 3.63) is 23.5 Å². The lowest BCUT2D eigenvalue weighted by atomic mass is 10.2. The van der Waals surface area contributed by atoms with Crippen molar-refractivity contribution in [1.29, 1.82) is 0 Å². The van der Waals surface area contributed by atoms with Crippen LogP contribution in [-0.4, -0.2) is 28.7 Å². The number of rotatable bonds is 5. The maximum atomic E-state index is 9.26. The monoisotopic (exact) mass is 229 g/mol. The molecule has 0 amide bonds.